The number of fused-ring (bicyclic) bond motifs is 3. The Morgan fingerprint density at radius 3 is 2.43 bits per heavy atom. The lowest BCUT2D eigenvalue weighted by Crippen LogP contribution is -2.36. The molecule has 1 saturated heterocycles. The Kier molecular flexibility index (Phi) is 3.86. The standard InChI is InChI=1S/C24H26N2O2/c1-2-4-19-10-16(9-18(19)3-1)14-26-7-5-17(6-8-26)21-13-25-22-12-24-23(11-20(21)22)27-15-28-24/h1-4,11-13,16-17,25H,5-10,14-15H2. The highest BCUT2D eigenvalue weighted by Gasteiger charge is 2.28. The van der Waals surface area contributed by atoms with Crippen molar-refractivity contribution in [3.63, 3.8) is 0 Å². The number of aromatic amines is 1. The fourth-order valence-electron chi connectivity index (χ4n) is 5.44. The van der Waals surface area contributed by atoms with Gasteiger partial charge in [0.15, 0.2) is 11.5 Å². The summed E-state index contributed by atoms with van der Waals surface area (Å²) in [6.45, 7) is 3.98. The van der Waals surface area contributed by atoms with Gasteiger partial charge in [0, 0.05) is 29.7 Å². The van der Waals surface area contributed by atoms with Crippen molar-refractivity contribution in [2.75, 3.05) is 26.4 Å². The molecule has 4 heteroatoms. The molecular formula is C24H26N2O2. The largest absolute Gasteiger partial charge is 0.454 e. The third-order valence-electron chi connectivity index (χ3n) is 6.89. The van der Waals surface area contributed by atoms with Crippen LogP contribution in [0.25, 0.3) is 10.9 Å². The molecule has 2 aliphatic heterocycles. The lowest BCUT2D eigenvalue weighted by Gasteiger charge is -2.33. The van der Waals surface area contributed by atoms with Crippen LogP contribution in [0.4, 0.5) is 0 Å². The van der Waals surface area contributed by atoms with Crippen molar-refractivity contribution >= 4 is 10.9 Å². The third-order valence-corrected chi connectivity index (χ3v) is 6.89. The van der Waals surface area contributed by atoms with Gasteiger partial charge in [0.05, 0.1) is 0 Å². The molecule has 1 aliphatic carbocycles. The fraction of sp³-hybridized carbons (Fsp3) is 0.417. The van der Waals surface area contributed by atoms with Crippen LogP contribution in [0, 0.1) is 5.92 Å². The van der Waals surface area contributed by atoms with Crippen LogP contribution < -0.4 is 9.47 Å². The molecule has 28 heavy (non-hydrogen) atoms. The Balaban J connectivity index is 1.12. The highest BCUT2D eigenvalue weighted by atomic mass is 16.7. The number of ether oxygens (including phenoxy) is 2. The minimum Gasteiger partial charge on any atom is -0.454 e. The molecule has 0 radical (unpaired) electrons. The summed E-state index contributed by atoms with van der Waals surface area (Å²) < 4.78 is 11.1. The second-order valence-corrected chi connectivity index (χ2v) is 8.61. The number of piperidine rings is 1. The zero-order valence-corrected chi connectivity index (χ0v) is 16.1. The highest BCUT2D eigenvalue weighted by Crippen LogP contribution is 2.40. The monoisotopic (exact) mass is 374 g/mol. The molecule has 4 nitrogen and oxygen atoms in total. The maximum atomic E-state index is 5.59. The number of hydrogen-bond donors (Lipinski definition) is 1. The number of hydrogen-bond acceptors (Lipinski definition) is 3. The molecule has 3 aromatic rings. The summed E-state index contributed by atoms with van der Waals surface area (Å²) in [6, 6.07) is 13.2. The van der Waals surface area contributed by atoms with Crippen LogP contribution in [0.3, 0.4) is 0 Å². The average Bonchev–Trinajstić information content (AvgIpc) is 3.44. The maximum absolute atomic E-state index is 5.59. The Bertz CT molecular complexity index is 992. The lowest BCUT2D eigenvalue weighted by molar-refractivity contribution is 0.174. The van der Waals surface area contributed by atoms with Crippen LogP contribution in [0.5, 0.6) is 11.5 Å². The molecule has 0 unspecified atom stereocenters. The molecule has 1 fully saturated rings. The van der Waals surface area contributed by atoms with E-state index < -0.39 is 0 Å². The van der Waals surface area contributed by atoms with Gasteiger partial charge in [0.25, 0.3) is 0 Å². The molecule has 6 rings (SSSR count). The number of H-pyrrole nitrogens is 1. The predicted octanol–water partition coefficient (Wildman–Crippen LogP) is 4.49. The van der Waals surface area contributed by atoms with Gasteiger partial charge in [-0.25, -0.2) is 0 Å². The summed E-state index contributed by atoms with van der Waals surface area (Å²) in [6.07, 6.45) is 7.19. The molecule has 1 N–H and O–H groups in total. The Morgan fingerprint density at radius 2 is 1.68 bits per heavy atom. The lowest BCUT2D eigenvalue weighted by atomic mass is 9.88. The van der Waals surface area contributed by atoms with Crippen LogP contribution >= 0.6 is 0 Å². The molecule has 0 bridgehead atoms. The van der Waals surface area contributed by atoms with E-state index in [1.165, 1.54) is 56.3 Å². The first-order chi connectivity index (χ1) is 13.8. The van der Waals surface area contributed by atoms with E-state index >= 15 is 0 Å². The van der Waals surface area contributed by atoms with Gasteiger partial charge in [-0.3, -0.25) is 0 Å². The minimum absolute atomic E-state index is 0.334. The highest BCUT2D eigenvalue weighted by molar-refractivity contribution is 5.87. The number of benzene rings is 2. The van der Waals surface area contributed by atoms with Crippen molar-refractivity contribution in [3.05, 3.63) is 59.3 Å². The Labute approximate surface area is 165 Å². The van der Waals surface area contributed by atoms with Crippen molar-refractivity contribution in [2.45, 2.75) is 31.6 Å². The van der Waals surface area contributed by atoms with E-state index in [4.69, 9.17) is 9.47 Å². The first-order valence-electron chi connectivity index (χ1n) is 10.5. The molecular weight excluding hydrogens is 348 g/mol. The second kappa shape index (κ2) is 6.56. The van der Waals surface area contributed by atoms with Gasteiger partial charge in [0.2, 0.25) is 6.79 Å². The van der Waals surface area contributed by atoms with Gasteiger partial charge in [-0.15, -0.1) is 0 Å². The summed E-state index contributed by atoms with van der Waals surface area (Å²) in [5, 5.41) is 1.30. The fourth-order valence-corrected chi connectivity index (χ4v) is 5.44. The topological polar surface area (TPSA) is 37.5 Å². The van der Waals surface area contributed by atoms with Gasteiger partial charge >= 0.3 is 0 Å². The van der Waals surface area contributed by atoms with Crippen molar-refractivity contribution in [1.29, 1.82) is 0 Å². The van der Waals surface area contributed by atoms with Crippen LogP contribution in [-0.4, -0.2) is 36.3 Å². The van der Waals surface area contributed by atoms with E-state index in [0.717, 1.165) is 22.9 Å². The second-order valence-electron chi connectivity index (χ2n) is 8.61. The zero-order chi connectivity index (χ0) is 18.5. The Hall–Kier alpha value is -2.46. The predicted molar refractivity (Wildman–Crippen MR) is 110 cm³/mol. The Morgan fingerprint density at radius 1 is 0.964 bits per heavy atom. The number of nitrogens with one attached hydrogen (secondary N) is 1. The molecule has 3 heterocycles. The van der Waals surface area contributed by atoms with Crippen LogP contribution in [0.2, 0.25) is 0 Å². The SMILES string of the molecule is c1ccc2c(c1)CC(CN1CCC(c3c[nH]c4cc5c(cc34)OCO5)CC1)C2. The van der Waals surface area contributed by atoms with Gasteiger partial charge in [-0.2, -0.15) is 0 Å². The van der Waals surface area contributed by atoms with E-state index in [0.29, 0.717) is 12.7 Å². The first-order valence-corrected chi connectivity index (χ1v) is 10.5. The molecule has 0 spiro atoms. The third kappa shape index (κ3) is 2.78. The van der Waals surface area contributed by atoms with Crippen LogP contribution in [0.1, 0.15) is 35.4 Å². The van der Waals surface area contributed by atoms with Crippen LogP contribution in [-0.2, 0) is 12.8 Å². The molecule has 2 aromatic carbocycles. The molecule has 0 atom stereocenters. The molecule has 0 amide bonds. The summed E-state index contributed by atoms with van der Waals surface area (Å²) in [5.74, 6) is 3.16. The van der Waals surface area contributed by atoms with E-state index in [1.807, 2.05) is 0 Å². The first kappa shape index (κ1) is 16.5. The number of likely N-dealkylation sites (tertiary alicyclic amines) is 1. The average molecular weight is 374 g/mol. The van der Waals surface area contributed by atoms with Crippen molar-refractivity contribution < 1.29 is 9.47 Å². The van der Waals surface area contributed by atoms with Crippen LogP contribution in [0.15, 0.2) is 42.6 Å². The summed E-state index contributed by atoms with van der Waals surface area (Å²) in [5.41, 5.74) is 5.74. The molecule has 3 aliphatic rings. The van der Waals surface area contributed by atoms with Crippen molar-refractivity contribution in [1.82, 2.24) is 9.88 Å². The summed E-state index contributed by atoms with van der Waals surface area (Å²) in [7, 11) is 0. The minimum atomic E-state index is 0.334. The van der Waals surface area contributed by atoms with E-state index in [1.54, 1.807) is 11.1 Å². The summed E-state index contributed by atoms with van der Waals surface area (Å²) >= 11 is 0. The molecule has 0 saturated carbocycles. The van der Waals surface area contributed by atoms with Gasteiger partial charge in [0.1, 0.15) is 0 Å². The van der Waals surface area contributed by atoms with Crippen molar-refractivity contribution in [3.8, 4) is 11.5 Å². The maximum Gasteiger partial charge on any atom is 0.231 e. The zero-order valence-electron chi connectivity index (χ0n) is 16.1. The normalized spacial score (nSPS) is 20.1. The number of rotatable bonds is 3. The molecule has 1 aromatic heterocycles. The van der Waals surface area contributed by atoms with Gasteiger partial charge < -0.3 is 19.4 Å². The number of aromatic nitrogens is 1. The number of nitrogens with zero attached hydrogens (tertiary/aromatic N) is 1. The van der Waals surface area contributed by atoms with Crippen molar-refractivity contribution in [2.24, 2.45) is 5.92 Å². The quantitative estimate of drug-likeness (QED) is 0.734. The van der Waals surface area contributed by atoms with Gasteiger partial charge in [-0.05, 0) is 73.4 Å². The van der Waals surface area contributed by atoms with E-state index in [2.05, 4.69) is 52.5 Å². The van der Waals surface area contributed by atoms with E-state index in [9.17, 15) is 0 Å². The van der Waals surface area contributed by atoms with Gasteiger partial charge in [-0.1, -0.05) is 24.3 Å². The summed E-state index contributed by atoms with van der Waals surface area (Å²) in [4.78, 5) is 6.14. The molecule has 144 valence electrons. The smallest absolute Gasteiger partial charge is 0.231 e. The van der Waals surface area contributed by atoms with E-state index in [-0.39, 0.29) is 0 Å².